The molecule has 0 unspecified atom stereocenters. The van der Waals surface area contributed by atoms with Gasteiger partial charge in [-0.3, -0.25) is 4.79 Å². The molecule has 1 fully saturated rings. The third-order valence-electron chi connectivity index (χ3n) is 4.03. The maximum Gasteiger partial charge on any atom is 0.271 e. The van der Waals surface area contributed by atoms with Crippen molar-refractivity contribution in [2.45, 2.75) is 32.1 Å². The van der Waals surface area contributed by atoms with Crippen molar-refractivity contribution in [3.8, 4) is 0 Å². The van der Waals surface area contributed by atoms with Crippen LogP contribution >= 0.6 is 0 Å². The fourth-order valence-electron chi connectivity index (χ4n) is 2.54. The molecule has 0 atom stereocenters. The van der Waals surface area contributed by atoms with Gasteiger partial charge in [-0.05, 0) is 30.5 Å². The molecule has 1 aromatic carbocycles. The fraction of sp³-hybridized carbons (Fsp3) is 0.529. The third-order valence-corrected chi connectivity index (χ3v) is 5.93. The zero-order chi connectivity index (χ0) is 18.4. The quantitative estimate of drug-likeness (QED) is 0.614. The molecule has 25 heavy (non-hydrogen) atoms. The summed E-state index contributed by atoms with van der Waals surface area (Å²) in [7, 11) is -3.63. The Hall–Kier alpha value is -1.77. The van der Waals surface area contributed by atoms with E-state index in [4.69, 9.17) is 4.74 Å². The van der Waals surface area contributed by atoms with Crippen LogP contribution < -0.4 is 5.43 Å². The molecule has 1 amide bonds. The number of amides is 1. The average molecular weight is 367 g/mol. The first kappa shape index (κ1) is 19.6. The number of hydrogen-bond acceptors (Lipinski definition) is 5. The van der Waals surface area contributed by atoms with Gasteiger partial charge in [-0.2, -0.15) is 9.41 Å². The van der Waals surface area contributed by atoms with Crippen molar-refractivity contribution in [1.82, 2.24) is 9.73 Å². The molecule has 1 heterocycles. The van der Waals surface area contributed by atoms with Crippen molar-refractivity contribution in [3.05, 3.63) is 29.8 Å². The second-order valence-electron chi connectivity index (χ2n) is 6.10. The van der Waals surface area contributed by atoms with Crippen LogP contribution in [0.25, 0.3) is 0 Å². The molecule has 1 aliphatic heterocycles. The Labute approximate surface area is 149 Å². The van der Waals surface area contributed by atoms with Crippen molar-refractivity contribution in [1.29, 1.82) is 0 Å². The minimum Gasteiger partial charge on any atom is -0.379 e. The van der Waals surface area contributed by atoms with Crippen LogP contribution in [0.1, 0.15) is 37.6 Å². The van der Waals surface area contributed by atoms with Crippen molar-refractivity contribution < 1.29 is 17.9 Å². The molecular formula is C17H25N3O4S. The van der Waals surface area contributed by atoms with E-state index in [0.717, 1.165) is 12.1 Å². The number of benzene rings is 1. The summed E-state index contributed by atoms with van der Waals surface area (Å²) in [5.41, 5.74) is 3.65. The number of ether oxygens (including phenoxy) is 1. The van der Waals surface area contributed by atoms with E-state index in [2.05, 4.69) is 10.5 Å². The van der Waals surface area contributed by atoms with Crippen LogP contribution in [0.3, 0.4) is 0 Å². The van der Waals surface area contributed by atoms with Gasteiger partial charge in [0.05, 0.1) is 18.1 Å². The van der Waals surface area contributed by atoms with Crippen molar-refractivity contribution in [3.63, 3.8) is 0 Å². The van der Waals surface area contributed by atoms with Gasteiger partial charge in [-0.1, -0.05) is 26.8 Å². The Morgan fingerprint density at radius 1 is 1.32 bits per heavy atom. The number of carbonyl (C=O) groups excluding carboxylic acids is 1. The standard InChI is InChI=1S/C17H25N3O4S/c1-4-16(13(2)3)18-19-17(21)14-6-5-7-15(12-14)25(22,23)20-8-10-24-11-9-20/h5-7,12-13H,4,8-11H2,1-3H3,(H,19,21)/b18-16-. The van der Waals surface area contributed by atoms with Gasteiger partial charge >= 0.3 is 0 Å². The lowest BCUT2D eigenvalue weighted by Gasteiger charge is -2.26. The minimum atomic E-state index is -3.63. The SMILES string of the molecule is CC/C(=N/NC(=O)c1cccc(S(=O)(=O)N2CCOCC2)c1)C(C)C. The van der Waals surface area contributed by atoms with Gasteiger partial charge in [0.15, 0.2) is 0 Å². The Morgan fingerprint density at radius 2 is 2.00 bits per heavy atom. The summed E-state index contributed by atoms with van der Waals surface area (Å²) in [6.45, 7) is 7.37. The normalized spacial score (nSPS) is 16.9. The summed E-state index contributed by atoms with van der Waals surface area (Å²) in [5, 5.41) is 4.14. The summed E-state index contributed by atoms with van der Waals surface area (Å²) in [5.74, 6) is -0.191. The van der Waals surface area contributed by atoms with Crippen LogP contribution in [-0.4, -0.2) is 50.6 Å². The summed E-state index contributed by atoms with van der Waals surface area (Å²) in [6.07, 6.45) is 0.739. The van der Waals surface area contributed by atoms with E-state index in [1.165, 1.54) is 16.4 Å². The highest BCUT2D eigenvalue weighted by Gasteiger charge is 2.26. The molecule has 7 nitrogen and oxygen atoms in total. The maximum atomic E-state index is 12.7. The van der Waals surface area contributed by atoms with Crippen LogP contribution in [-0.2, 0) is 14.8 Å². The monoisotopic (exact) mass is 367 g/mol. The minimum absolute atomic E-state index is 0.102. The molecule has 0 aromatic heterocycles. The van der Waals surface area contributed by atoms with Gasteiger partial charge < -0.3 is 4.74 Å². The first-order valence-electron chi connectivity index (χ1n) is 8.41. The zero-order valence-corrected chi connectivity index (χ0v) is 15.7. The summed E-state index contributed by atoms with van der Waals surface area (Å²) >= 11 is 0. The number of hydrogen-bond donors (Lipinski definition) is 1. The van der Waals surface area contributed by atoms with Crippen molar-refractivity contribution in [2.75, 3.05) is 26.3 Å². The van der Waals surface area contributed by atoms with Crippen LogP contribution in [0.5, 0.6) is 0 Å². The Kier molecular flexibility index (Phi) is 6.69. The second-order valence-corrected chi connectivity index (χ2v) is 8.03. The molecule has 0 aliphatic carbocycles. The lowest BCUT2D eigenvalue weighted by Crippen LogP contribution is -2.40. The highest BCUT2D eigenvalue weighted by Crippen LogP contribution is 2.18. The molecular weight excluding hydrogens is 342 g/mol. The highest BCUT2D eigenvalue weighted by molar-refractivity contribution is 7.89. The largest absolute Gasteiger partial charge is 0.379 e. The van der Waals surface area contributed by atoms with Gasteiger partial charge in [0.2, 0.25) is 10.0 Å². The summed E-state index contributed by atoms with van der Waals surface area (Å²) < 4.78 is 31.9. The third kappa shape index (κ3) is 4.87. The molecule has 1 saturated heterocycles. The molecule has 1 N–H and O–H groups in total. The van der Waals surface area contributed by atoms with Crippen LogP contribution in [0.15, 0.2) is 34.3 Å². The van der Waals surface area contributed by atoms with Gasteiger partial charge in [-0.15, -0.1) is 0 Å². The van der Waals surface area contributed by atoms with Crippen LogP contribution in [0.2, 0.25) is 0 Å². The number of hydrazone groups is 1. The number of morpholine rings is 1. The Balaban J connectivity index is 2.19. The van der Waals surface area contributed by atoms with E-state index in [1.54, 1.807) is 12.1 Å². The first-order valence-corrected chi connectivity index (χ1v) is 9.85. The van der Waals surface area contributed by atoms with Crippen molar-refractivity contribution in [2.24, 2.45) is 11.0 Å². The van der Waals surface area contributed by atoms with E-state index in [9.17, 15) is 13.2 Å². The maximum absolute atomic E-state index is 12.7. The highest BCUT2D eigenvalue weighted by atomic mass is 32.2. The van der Waals surface area contributed by atoms with Gasteiger partial charge in [0, 0.05) is 24.4 Å². The molecule has 0 bridgehead atoms. The molecule has 2 rings (SSSR count). The zero-order valence-electron chi connectivity index (χ0n) is 14.9. The number of nitrogens with one attached hydrogen (secondary N) is 1. The number of rotatable bonds is 6. The van der Waals surface area contributed by atoms with Gasteiger partial charge in [0.1, 0.15) is 0 Å². The predicted octanol–water partition coefficient (Wildman–Crippen LogP) is 1.86. The molecule has 8 heteroatoms. The van der Waals surface area contributed by atoms with E-state index >= 15 is 0 Å². The first-order chi connectivity index (χ1) is 11.9. The number of sulfonamides is 1. The summed E-state index contributed by atoms with van der Waals surface area (Å²) in [6, 6.07) is 6.02. The van der Waals surface area contributed by atoms with E-state index < -0.39 is 15.9 Å². The number of nitrogens with zero attached hydrogens (tertiary/aromatic N) is 2. The molecule has 1 aromatic rings. The molecule has 138 valence electrons. The van der Waals surface area contributed by atoms with Gasteiger partial charge in [-0.25, -0.2) is 13.8 Å². The topological polar surface area (TPSA) is 88.1 Å². The van der Waals surface area contributed by atoms with Crippen LogP contribution in [0, 0.1) is 5.92 Å². The molecule has 1 aliphatic rings. The smallest absolute Gasteiger partial charge is 0.271 e. The lowest BCUT2D eigenvalue weighted by molar-refractivity contribution is 0.0730. The Bertz CT molecular complexity index is 738. The van der Waals surface area contributed by atoms with E-state index in [1.807, 2.05) is 20.8 Å². The number of carbonyl (C=O) groups is 1. The fourth-order valence-corrected chi connectivity index (χ4v) is 3.99. The lowest BCUT2D eigenvalue weighted by atomic mass is 10.1. The second kappa shape index (κ2) is 8.55. The van der Waals surface area contributed by atoms with Crippen molar-refractivity contribution >= 4 is 21.6 Å². The molecule has 0 spiro atoms. The Morgan fingerprint density at radius 3 is 2.60 bits per heavy atom. The molecule has 0 radical (unpaired) electrons. The molecule has 0 saturated carbocycles. The predicted molar refractivity (Wildman–Crippen MR) is 96.1 cm³/mol. The van der Waals surface area contributed by atoms with Crippen LogP contribution in [0.4, 0.5) is 0 Å². The average Bonchev–Trinajstić information content (AvgIpc) is 2.62. The van der Waals surface area contributed by atoms with E-state index in [0.29, 0.717) is 26.3 Å². The summed E-state index contributed by atoms with van der Waals surface area (Å²) in [4.78, 5) is 12.4. The van der Waals surface area contributed by atoms with E-state index in [-0.39, 0.29) is 16.4 Å². The van der Waals surface area contributed by atoms with Gasteiger partial charge in [0.25, 0.3) is 5.91 Å².